The van der Waals surface area contributed by atoms with Gasteiger partial charge in [-0.3, -0.25) is 14.2 Å². The third-order valence-electron chi connectivity index (χ3n) is 4.77. The predicted octanol–water partition coefficient (Wildman–Crippen LogP) is 3.61. The second-order valence-corrected chi connectivity index (χ2v) is 6.26. The second-order valence-electron chi connectivity index (χ2n) is 6.26. The van der Waals surface area contributed by atoms with Gasteiger partial charge in [-0.2, -0.15) is 0 Å². The Bertz CT molecular complexity index is 989. The van der Waals surface area contributed by atoms with Crippen LogP contribution in [0, 0.1) is 13.8 Å². The zero-order valence-electron chi connectivity index (χ0n) is 15.5. The van der Waals surface area contributed by atoms with Gasteiger partial charge in [0.25, 0.3) is 5.56 Å². The molecule has 3 rings (SSSR count). The highest BCUT2D eigenvalue weighted by Crippen LogP contribution is 2.23. The monoisotopic (exact) mass is 353 g/mol. The number of anilines is 1. The number of benzene rings is 1. The van der Waals surface area contributed by atoms with Crippen LogP contribution < -0.4 is 10.5 Å². The van der Waals surface area contributed by atoms with Crippen molar-refractivity contribution < 1.29 is 9.21 Å². The molecule has 2 heterocycles. The van der Waals surface area contributed by atoms with Crippen LogP contribution in [0.1, 0.15) is 37.6 Å². The summed E-state index contributed by atoms with van der Waals surface area (Å²) in [5.74, 6) is 0.545. The van der Waals surface area contributed by atoms with Gasteiger partial charge in [-0.25, -0.2) is 4.98 Å². The minimum Gasteiger partial charge on any atom is -0.443 e. The minimum absolute atomic E-state index is 0.123. The molecular formula is C20H23N3O3. The predicted molar refractivity (Wildman–Crippen MR) is 102 cm³/mol. The maximum Gasteiger partial charge on any atom is 0.265 e. The first-order valence-electron chi connectivity index (χ1n) is 8.82. The van der Waals surface area contributed by atoms with Gasteiger partial charge in [0.15, 0.2) is 0 Å². The number of likely N-dealkylation sites (N-methyl/N-ethyl adjacent to an activating group) is 1. The van der Waals surface area contributed by atoms with Gasteiger partial charge >= 0.3 is 0 Å². The van der Waals surface area contributed by atoms with Crippen LogP contribution in [0.15, 0.2) is 45.9 Å². The van der Waals surface area contributed by atoms with E-state index in [1.54, 1.807) is 11.8 Å². The zero-order chi connectivity index (χ0) is 18.8. The average Bonchev–Trinajstić information content (AvgIpc) is 2.94. The summed E-state index contributed by atoms with van der Waals surface area (Å²) in [7, 11) is 0. The van der Waals surface area contributed by atoms with Crippen molar-refractivity contribution in [1.29, 1.82) is 0 Å². The molecule has 0 saturated carbocycles. The molecule has 26 heavy (non-hydrogen) atoms. The lowest BCUT2D eigenvalue weighted by Crippen LogP contribution is -2.40. The molecule has 0 aliphatic heterocycles. The van der Waals surface area contributed by atoms with Crippen LogP contribution >= 0.6 is 0 Å². The number of aryl methyl sites for hydroxylation is 2. The average molecular weight is 353 g/mol. The van der Waals surface area contributed by atoms with Gasteiger partial charge in [0.05, 0.1) is 0 Å². The topological polar surface area (TPSA) is 68.3 Å². The molecule has 0 saturated heterocycles. The summed E-state index contributed by atoms with van der Waals surface area (Å²) in [5, 5.41) is 0.444. The minimum atomic E-state index is -0.617. The molecule has 2 aromatic heterocycles. The molecule has 3 aromatic rings. The molecule has 6 heteroatoms. The number of rotatable bonds is 5. The lowest BCUT2D eigenvalue weighted by atomic mass is 10.1. The Labute approximate surface area is 152 Å². The highest BCUT2D eigenvalue weighted by Gasteiger charge is 2.27. The zero-order valence-corrected chi connectivity index (χ0v) is 15.5. The molecule has 0 fully saturated rings. The van der Waals surface area contributed by atoms with Crippen molar-refractivity contribution in [3.8, 4) is 0 Å². The highest BCUT2D eigenvalue weighted by molar-refractivity contribution is 5.96. The molecule has 1 amide bonds. The van der Waals surface area contributed by atoms with Gasteiger partial charge in [-0.15, -0.1) is 0 Å². The maximum atomic E-state index is 13.2. The van der Waals surface area contributed by atoms with E-state index in [1.165, 1.54) is 10.9 Å². The number of carbonyl (C=O) groups excluding carboxylic acids is 1. The van der Waals surface area contributed by atoms with Crippen molar-refractivity contribution in [1.82, 2.24) is 9.55 Å². The van der Waals surface area contributed by atoms with Crippen LogP contribution in [-0.2, 0) is 4.79 Å². The van der Waals surface area contributed by atoms with Crippen LogP contribution in [0.4, 0.5) is 5.69 Å². The number of para-hydroxylation sites is 1. The van der Waals surface area contributed by atoms with Crippen LogP contribution in [0.2, 0.25) is 0 Å². The number of carbonyl (C=O) groups is 1. The van der Waals surface area contributed by atoms with Crippen molar-refractivity contribution in [3.63, 3.8) is 0 Å². The smallest absolute Gasteiger partial charge is 0.265 e. The summed E-state index contributed by atoms with van der Waals surface area (Å²) < 4.78 is 6.96. The Kier molecular flexibility index (Phi) is 4.93. The number of fused-ring (bicyclic) bond motifs is 1. The molecule has 1 aromatic carbocycles. The molecule has 0 unspecified atom stereocenters. The number of hydrogen-bond donors (Lipinski definition) is 0. The Balaban J connectivity index is 2.07. The van der Waals surface area contributed by atoms with Crippen LogP contribution in [-0.4, -0.2) is 22.0 Å². The molecule has 0 spiro atoms. The van der Waals surface area contributed by atoms with Gasteiger partial charge in [0.2, 0.25) is 11.6 Å². The van der Waals surface area contributed by atoms with Crippen molar-refractivity contribution in [2.24, 2.45) is 0 Å². The molecule has 136 valence electrons. The molecule has 0 aliphatic rings. The van der Waals surface area contributed by atoms with Crippen LogP contribution in [0.5, 0.6) is 0 Å². The fourth-order valence-electron chi connectivity index (χ4n) is 3.21. The fraction of sp³-hybridized carbons (Fsp3) is 0.350. The Morgan fingerprint density at radius 2 is 1.92 bits per heavy atom. The van der Waals surface area contributed by atoms with E-state index in [4.69, 9.17) is 4.42 Å². The second kappa shape index (κ2) is 7.15. The number of furan rings is 1. The van der Waals surface area contributed by atoms with E-state index in [1.807, 2.05) is 51.1 Å². The van der Waals surface area contributed by atoms with Gasteiger partial charge in [0.1, 0.15) is 23.5 Å². The van der Waals surface area contributed by atoms with E-state index in [0.29, 0.717) is 29.8 Å². The summed E-state index contributed by atoms with van der Waals surface area (Å²) in [4.78, 5) is 32.2. The van der Waals surface area contributed by atoms with E-state index in [0.717, 1.165) is 11.3 Å². The number of nitrogens with zero attached hydrogens (tertiary/aromatic N) is 3. The van der Waals surface area contributed by atoms with Crippen LogP contribution in [0.25, 0.3) is 11.1 Å². The largest absolute Gasteiger partial charge is 0.443 e. The fourth-order valence-corrected chi connectivity index (χ4v) is 3.21. The van der Waals surface area contributed by atoms with Gasteiger partial charge in [-0.1, -0.05) is 25.1 Å². The standard InChI is InChI=1S/C20H23N3O3/c1-5-16(19(24)22(6-2)15-10-8-7-9-11-15)23-12-21-18-17(20(23)25)13(3)14(4)26-18/h7-12,16H,5-6H2,1-4H3/t16-/m0/s1. The van der Waals surface area contributed by atoms with E-state index in [2.05, 4.69) is 4.98 Å². The number of amides is 1. The molecular weight excluding hydrogens is 330 g/mol. The first kappa shape index (κ1) is 17.9. The summed E-state index contributed by atoms with van der Waals surface area (Å²) in [6, 6.07) is 8.86. The van der Waals surface area contributed by atoms with Crippen LogP contribution in [0.3, 0.4) is 0 Å². The van der Waals surface area contributed by atoms with Crippen molar-refractivity contribution in [3.05, 3.63) is 58.3 Å². The number of aromatic nitrogens is 2. The SMILES string of the molecule is CC[C@@H](C(=O)N(CC)c1ccccc1)n1cnc2oc(C)c(C)c2c1=O. The first-order chi connectivity index (χ1) is 12.5. The molecule has 6 nitrogen and oxygen atoms in total. The summed E-state index contributed by atoms with van der Waals surface area (Å²) in [5.41, 5.74) is 1.66. The summed E-state index contributed by atoms with van der Waals surface area (Å²) >= 11 is 0. The molecule has 0 bridgehead atoms. The Morgan fingerprint density at radius 3 is 2.54 bits per heavy atom. The molecule has 0 aliphatic carbocycles. The summed E-state index contributed by atoms with van der Waals surface area (Å²) in [6.07, 6.45) is 1.91. The molecule has 1 atom stereocenters. The van der Waals surface area contributed by atoms with Gasteiger partial charge in [-0.05, 0) is 39.3 Å². The lowest BCUT2D eigenvalue weighted by Gasteiger charge is -2.26. The van der Waals surface area contributed by atoms with Crippen molar-refractivity contribution in [2.75, 3.05) is 11.4 Å². The molecule has 0 radical (unpaired) electrons. The quantitative estimate of drug-likeness (QED) is 0.703. The van der Waals surface area contributed by atoms with E-state index >= 15 is 0 Å². The third kappa shape index (κ3) is 2.92. The summed E-state index contributed by atoms with van der Waals surface area (Å²) in [6.45, 7) is 7.97. The Morgan fingerprint density at radius 1 is 1.23 bits per heavy atom. The highest BCUT2D eigenvalue weighted by atomic mass is 16.3. The molecule has 0 N–H and O–H groups in total. The third-order valence-corrected chi connectivity index (χ3v) is 4.77. The normalized spacial score (nSPS) is 12.3. The number of hydrogen-bond acceptors (Lipinski definition) is 4. The Hall–Kier alpha value is -2.89. The van der Waals surface area contributed by atoms with Crippen molar-refractivity contribution >= 4 is 22.7 Å². The first-order valence-corrected chi connectivity index (χ1v) is 8.82. The van der Waals surface area contributed by atoms with E-state index < -0.39 is 6.04 Å². The lowest BCUT2D eigenvalue weighted by molar-refractivity contribution is -0.121. The van der Waals surface area contributed by atoms with E-state index in [-0.39, 0.29) is 11.5 Å². The maximum absolute atomic E-state index is 13.2. The van der Waals surface area contributed by atoms with Gasteiger partial charge in [0, 0.05) is 17.8 Å². The van der Waals surface area contributed by atoms with Gasteiger partial charge < -0.3 is 9.32 Å². The van der Waals surface area contributed by atoms with E-state index in [9.17, 15) is 9.59 Å². The van der Waals surface area contributed by atoms with Crippen molar-refractivity contribution in [2.45, 2.75) is 40.2 Å².